The molecule has 1 heterocycles. The van der Waals surface area contributed by atoms with Crippen LogP contribution in [0, 0.1) is 6.92 Å². The van der Waals surface area contributed by atoms with E-state index in [2.05, 4.69) is 10.5 Å². The quantitative estimate of drug-likeness (QED) is 0.485. The van der Waals surface area contributed by atoms with Gasteiger partial charge in [0, 0.05) is 0 Å². The summed E-state index contributed by atoms with van der Waals surface area (Å²) in [6, 6.07) is 0. The lowest BCUT2D eigenvalue weighted by molar-refractivity contribution is 0.0374. The van der Waals surface area contributed by atoms with Crippen molar-refractivity contribution in [3.63, 3.8) is 0 Å². The molecule has 0 atom stereocenters. The molecule has 7 heteroatoms. The van der Waals surface area contributed by atoms with E-state index in [1.165, 1.54) is 6.20 Å². The lowest BCUT2D eigenvalue weighted by Crippen LogP contribution is -2.57. The molecule has 1 aromatic rings. The first-order chi connectivity index (χ1) is 7.58. The molecular weight excluding hydrogens is 216 g/mol. The van der Waals surface area contributed by atoms with Crippen LogP contribution in [-0.4, -0.2) is 51.7 Å². The number of hydrogen-bond acceptors (Lipinski definition) is 6. The van der Waals surface area contributed by atoms with Crippen molar-refractivity contribution >= 4 is 5.91 Å². The molecule has 4 N–H and O–H groups in total. The van der Waals surface area contributed by atoms with E-state index in [-0.39, 0.29) is 5.56 Å². The summed E-state index contributed by atoms with van der Waals surface area (Å²) in [5, 5.41) is 32.8. The highest BCUT2D eigenvalue weighted by Gasteiger charge is 2.31. The molecule has 16 heavy (non-hydrogen) atoms. The Kier molecular flexibility index (Phi) is 3.99. The number of amides is 1. The first kappa shape index (κ1) is 12.6. The van der Waals surface area contributed by atoms with Crippen molar-refractivity contribution in [1.82, 2.24) is 10.5 Å². The average Bonchev–Trinajstić information content (AvgIpc) is 2.72. The predicted molar refractivity (Wildman–Crippen MR) is 52.7 cm³/mol. The third-order valence-corrected chi connectivity index (χ3v) is 2.28. The van der Waals surface area contributed by atoms with Gasteiger partial charge in [-0.3, -0.25) is 4.79 Å². The van der Waals surface area contributed by atoms with Crippen LogP contribution >= 0.6 is 0 Å². The van der Waals surface area contributed by atoms with Crippen molar-refractivity contribution in [2.75, 3.05) is 19.8 Å². The van der Waals surface area contributed by atoms with Gasteiger partial charge >= 0.3 is 0 Å². The van der Waals surface area contributed by atoms with Gasteiger partial charge in [0.05, 0.1) is 26.0 Å². The molecule has 90 valence electrons. The highest BCUT2D eigenvalue weighted by Crippen LogP contribution is 2.09. The zero-order chi connectivity index (χ0) is 12.2. The summed E-state index contributed by atoms with van der Waals surface area (Å²) in [6.45, 7) is -0.164. The van der Waals surface area contributed by atoms with E-state index in [4.69, 9.17) is 19.8 Å². The van der Waals surface area contributed by atoms with Gasteiger partial charge < -0.3 is 25.2 Å². The monoisotopic (exact) mass is 230 g/mol. The number of aromatic nitrogens is 1. The van der Waals surface area contributed by atoms with E-state index in [0.717, 1.165) is 0 Å². The van der Waals surface area contributed by atoms with Gasteiger partial charge in [-0.1, -0.05) is 5.16 Å². The summed E-state index contributed by atoms with van der Waals surface area (Å²) in [7, 11) is 0. The van der Waals surface area contributed by atoms with Crippen LogP contribution in [0.5, 0.6) is 0 Å². The molecule has 1 amide bonds. The van der Waals surface area contributed by atoms with Crippen molar-refractivity contribution < 1.29 is 24.6 Å². The number of aliphatic hydroxyl groups is 3. The number of carbonyl (C=O) groups is 1. The molecule has 0 saturated heterocycles. The summed E-state index contributed by atoms with van der Waals surface area (Å²) in [6.07, 6.45) is 1.22. The summed E-state index contributed by atoms with van der Waals surface area (Å²) < 4.78 is 4.70. The lowest BCUT2D eigenvalue weighted by atomic mass is 10.0. The van der Waals surface area contributed by atoms with Crippen LogP contribution < -0.4 is 5.32 Å². The average molecular weight is 230 g/mol. The number of nitrogens with one attached hydrogen (secondary N) is 1. The Hall–Kier alpha value is -1.44. The zero-order valence-electron chi connectivity index (χ0n) is 8.80. The van der Waals surface area contributed by atoms with Crippen LogP contribution in [-0.2, 0) is 0 Å². The molecule has 0 unspecified atom stereocenters. The van der Waals surface area contributed by atoms with Crippen molar-refractivity contribution in [2.45, 2.75) is 12.5 Å². The second kappa shape index (κ2) is 5.06. The minimum atomic E-state index is -1.44. The SMILES string of the molecule is Cc1oncc1C(=O)NC(CO)(CO)CO. The Morgan fingerprint density at radius 2 is 2.00 bits per heavy atom. The van der Waals surface area contributed by atoms with Crippen molar-refractivity contribution in [2.24, 2.45) is 0 Å². The smallest absolute Gasteiger partial charge is 0.257 e. The Balaban J connectivity index is 2.81. The number of aryl methyl sites for hydroxylation is 1. The van der Waals surface area contributed by atoms with Gasteiger partial charge in [-0.15, -0.1) is 0 Å². The fraction of sp³-hybridized carbons (Fsp3) is 0.556. The molecule has 0 bridgehead atoms. The zero-order valence-corrected chi connectivity index (χ0v) is 8.80. The molecule has 0 aliphatic rings. The number of carbonyl (C=O) groups excluding carboxylic acids is 1. The lowest BCUT2D eigenvalue weighted by Gasteiger charge is -2.28. The number of hydrogen-bond donors (Lipinski definition) is 4. The maximum Gasteiger partial charge on any atom is 0.257 e. The van der Waals surface area contributed by atoms with Crippen LogP contribution in [0.1, 0.15) is 16.1 Å². The molecule has 1 aromatic heterocycles. The minimum Gasteiger partial charge on any atom is -0.394 e. The van der Waals surface area contributed by atoms with Gasteiger partial charge in [0.2, 0.25) is 0 Å². The Morgan fingerprint density at radius 1 is 1.44 bits per heavy atom. The molecular formula is C9H14N2O5. The predicted octanol–water partition coefficient (Wildman–Crippen LogP) is -1.57. The van der Waals surface area contributed by atoms with E-state index in [1.807, 2.05) is 0 Å². The van der Waals surface area contributed by atoms with E-state index in [0.29, 0.717) is 5.76 Å². The molecule has 0 aromatic carbocycles. The van der Waals surface area contributed by atoms with Crippen LogP contribution in [0.4, 0.5) is 0 Å². The van der Waals surface area contributed by atoms with Crippen LogP contribution in [0.3, 0.4) is 0 Å². The van der Waals surface area contributed by atoms with Gasteiger partial charge in [0.25, 0.3) is 5.91 Å². The minimum absolute atomic E-state index is 0.194. The van der Waals surface area contributed by atoms with Gasteiger partial charge in [-0.05, 0) is 6.92 Å². The highest BCUT2D eigenvalue weighted by atomic mass is 16.5. The van der Waals surface area contributed by atoms with Gasteiger partial charge in [0.1, 0.15) is 16.9 Å². The third kappa shape index (κ3) is 2.38. The molecule has 0 fully saturated rings. The molecule has 7 nitrogen and oxygen atoms in total. The van der Waals surface area contributed by atoms with Crippen molar-refractivity contribution in [1.29, 1.82) is 0 Å². The Labute approximate surface area is 91.7 Å². The molecule has 0 aliphatic heterocycles. The van der Waals surface area contributed by atoms with Crippen LogP contribution in [0.2, 0.25) is 0 Å². The second-order valence-electron chi connectivity index (χ2n) is 3.50. The first-order valence-electron chi connectivity index (χ1n) is 4.65. The molecule has 0 aliphatic carbocycles. The van der Waals surface area contributed by atoms with E-state index >= 15 is 0 Å². The fourth-order valence-corrected chi connectivity index (χ4v) is 1.09. The topological polar surface area (TPSA) is 116 Å². The maximum absolute atomic E-state index is 11.7. The summed E-state index contributed by atoms with van der Waals surface area (Å²) in [5.74, 6) is -0.254. The standard InChI is InChI=1S/C9H14N2O5/c1-6-7(2-10-16-6)8(15)11-9(3-12,4-13)5-14/h2,12-14H,3-5H2,1H3,(H,11,15). The normalized spacial score (nSPS) is 11.5. The Bertz CT molecular complexity index is 350. The second-order valence-corrected chi connectivity index (χ2v) is 3.50. The van der Waals surface area contributed by atoms with Gasteiger partial charge in [0.15, 0.2) is 0 Å². The van der Waals surface area contributed by atoms with Crippen molar-refractivity contribution in [3.05, 3.63) is 17.5 Å². The summed E-state index contributed by atoms with van der Waals surface area (Å²) in [5.41, 5.74) is -1.25. The molecule has 0 spiro atoms. The molecule has 0 saturated carbocycles. The van der Waals surface area contributed by atoms with Crippen LogP contribution in [0.15, 0.2) is 10.7 Å². The first-order valence-corrected chi connectivity index (χ1v) is 4.65. The molecule has 0 radical (unpaired) electrons. The fourth-order valence-electron chi connectivity index (χ4n) is 1.09. The summed E-state index contributed by atoms with van der Waals surface area (Å²) in [4.78, 5) is 11.7. The number of nitrogens with zero attached hydrogens (tertiary/aromatic N) is 1. The van der Waals surface area contributed by atoms with Gasteiger partial charge in [-0.2, -0.15) is 0 Å². The van der Waals surface area contributed by atoms with E-state index in [1.54, 1.807) is 6.92 Å². The Morgan fingerprint density at radius 3 is 2.38 bits per heavy atom. The number of aliphatic hydroxyl groups excluding tert-OH is 3. The maximum atomic E-state index is 11.7. The third-order valence-electron chi connectivity index (χ3n) is 2.28. The van der Waals surface area contributed by atoms with E-state index in [9.17, 15) is 4.79 Å². The van der Waals surface area contributed by atoms with Gasteiger partial charge in [-0.25, -0.2) is 0 Å². The van der Waals surface area contributed by atoms with Crippen LogP contribution in [0.25, 0.3) is 0 Å². The highest BCUT2D eigenvalue weighted by molar-refractivity contribution is 5.95. The summed E-state index contributed by atoms with van der Waals surface area (Å²) >= 11 is 0. The largest absolute Gasteiger partial charge is 0.394 e. The van der Waals surface area contributed by atoms with E-state index < -0.39 is 31.3 Å². The van der Waals surface area contributed by atoms with Crippen molar-refractivity contribution in [3.8, 4) is 0 Å². The molecule has 1 rings (SSSR count). The number of rotatable bonds is 5.